The second kappa shape index (κ2) is 8.20. The molecule has 0 aliphatic carbocycles. The first kappa shape index (κ1) is 16.8. The predicted molar refractivity (Wildman–Crippen MR) is 93.7 cm³/mol. The van der Waals surface area contributed by atoms with E-state index in [0.29, 0.717) is 24.5 Å². The van der Waals surface area contributed by atoms with Gasteiger partial charge in [-0.15, -0.1) is 0 Å². The smallest absolute Gasteiger partial charge is 0.224 e. The van der Waals surface area contributed by atoms with Crippen LogP contribution in [0.3, 0.4) is 0 Å². The van der Waals surface area contributed by atoms with Gasteiger partial charge in [0.25, 0.3) is 0 Å². The lowest BCUT2D eigenvalue weighted by Gasteiger charge is -2.11. The fourth-order valence-electron chi connectivity index (χ4n) is 1.91. The van der Waals surface area contributed by atoms with E-state index in [1.807, 2.05) is 43.3 Å². The highest BCUT2D eigenvalue weighted by Crippen LogP contribution is 2.33. The summed E-state index contributed by atoms with van der Waals surface area (Å²) in [7, 11) is 0. The summed E-state index contributed by atoms with van der Waals surface area (Å²) in [4.78, 5) is 11.8. The zero-order valence-corrected chi connectivity index (χ0v) is 14.6. The Morgan fingerprint density at radius 2 is 1.95 bits per heavy atom. The Morgan fingerprint density at radius 1 is 1.23 bits per heavy atom. The van der Waals surface area contributed by atoms with Crippen LogP contribution in [0.15, 0.2) is 46.9 Å². The molecule has 3 nitrogen and oxygen atoms in total. The van der Waals surface area contributed by atoms with Crippen molar-refractivity contribution in [2.24, 2.45) is 0 Å². The first-order valence-electron chi connectivity index (χ1n) is 7.00. The zero-order valence-electron chi connectivity index (χ0n) is 12.2. The van der Waals surface area contributed by atoms with Crippen molar-refractivity contribution in [3.63, 3.8) is 0 Å². The summed E-state index contributed by atoms with van der Waals surface area (Å²) in [6, 6.07) is 13.0. The summed E-state index contributed by atoms with van der Waals surface area (Å²) < 4.78 is 6.54. The highest BCUT2D eigenvalue weighted by atomic mass is 79.9. The van der Waals surface area contributed by atoms with Crippen LogP contribution >= 0.6 is 27.5 Å². The van der Waals surface area contributed by atoms with Crippen molar-refractivity contribution in [2.45, 2.75) is 19.8 Å². The van der Waals surface area contributed by atoms with Crippen molar-refractivity contribution in [1.29, 1.82) is 0 Å². The van der Waals surface area contributed by atoms with Gasteiger partial charge in [0.05, 0.1) is 11.1 Å². The molecular formula is C17H17BrClNO2. The number of carbonyl (C=O) groups excluding carboxylic acids is 1. The number of benzene rings is 2. The highest BCUT2D eigenvalue weighted by Gasteiger charge is 2.08. The summed E-state index contributed by atoms with van der Waals surface area (Å²) in [5, 5.41) is 3.54. The fourth-order valence-corrected chi connectivity index (χ4v) is 2.64. The largest absolute Gasteiger partial charge is 0.492 e. The lowest BCUT2D eigenvalue weighted by Crippen LogP contribution is -2.12. The van der Waals surface area contributed by atoms with Crippen LogP contribution in [0.1, 0.15) is 18.4 Å². The van der Waals surface area contributed by atoms with E-state index in [0.717, 1.165) is 21.5 Å². The van der Waals surface area contributed by atoms with Crippen LogP contribution in [0, 0.1) is 6.92 Å². The van der Waals surface area contributed by atoms with E-state index in [2.05, 4.69) is 21.2 Å². The quantitative estimate of drug-likeness (QED) is 0.697. The summed E-state index contributed by atoms with van der Waals surface area (Å²) in [6.45, 7) is 2.40. The molecule has 1 N–H and O–H groups in total. The number of hydrogen-bond acceptors (Lipinski definition) is 2. The van der Waals surface area contributed by atoms with Crippen LogP contribution in [0.25, 0.3) is 0 Å². The molecule has 2 aromatic rings. The monoisotopic (exact) mass is 381 g/mol. The molecule has 2 aromatic carbocycles. The Kier molecular flexibility index (Phi) is 6.28. The third-order valence-electron chi connectivity index (χ3n) is 3.15. The van der Waals surface area contributed by atoms with Crippen molar-refractivity contribution < 1.29 is 9.53 Å². The van der Waals surface area contributed by atoms with Gasteiger partial charge in [-0.2, -0.15) is 0 Å². The molecule has 0 aliphatic heterocycles. The third kappa shape index (κ3) is 4.75. The number of nitrogens with one attached hydrogen (secondary N) is 1. The number of anilines is 1. The van der Waals surface area contributed by atoms with Crippen molar-refractivity contribution in [1.82, 2.24) is 0 Å². The summed E-state index contributed by atoms with van der Waals surface area (Å²) in [5.74, 6) is 0.728. The lowest BCUT2D eigenvalue weighted by molar-refractivity contribution is -0.116. The van der Waals surface area contributed by atoms with Crippen LogP contribution in [-0.4, -0.2) is 12.5 Å². The van der Waals surface area contributed by atoms with Crippen molar-refractivity contribution in [3.8, 4) is 5.75 Å². The second-order valence-electron chi connectivity index (χ2n) is 4.85. The summed E-state index contributed by atoms with van der Waals surface area (Å²) in [5.41, 5.74) is 1.76. The van der Waals surface area contributed by atoms with Gasteiger partial charge in [0.15, 0.2) is 0 Å². The van der Waals surface area contributed by atoms with Crippen LogP contribution in [0.5, 0.6) is 5.75 Å². The molecule has 116 valence electrons. The average molecular weight is 383 g/mol. The maximum Gasteiger partial charge on any atom is 0.224 e. The molecular weight excluding hydrogens is 366 g/mol. The molecule has 0 aliphatic rings. The molecule has 0 spiro atoms. The maximum absolute atomic E-state index is 11.8. The molecule has 0 radical (unpaired) electrons. The normalized spacial score (nSPS) is 10.3. The fraction of sp³-hybridized carbons (Fsp3) is 0.235. The van der Waals surface area contributed by atoms with E-state index >= 15 is 0 Å². The number of hydrogen-bond donors (Lipinski definition) is 1. The maximum atomic E-state index is 11.8. The number of carbonyl (C=O) groups is 1. The highest BCUT2D eigenvalue weighted by molar-refractivity contribution is 9.10. The number of rotatable bonds is 6. The first-order valence-corrected chi connectivity index (χ1v) is 8.17. The zero-order chi connectivity index (χ0) is 15.9. The van der Waals surface area contributed by atoms with E-state index in [-0.39, 0.29) is 5.91 Å². The standard InChI is InChI=1S/C17H17BrClNO2/c1-12-14(19)9-10-15(17(12)18)22-11-5-8-16(21)20-13-6-3-2-4-7-13/h2-4,6-7,9-10H,5,8,11H2,1H3,(H,20,21). The number of para-hydroxylation sites is 1. The third-order valence-corrected chi connectivity index (χ3v) is 4.54. The molecule has 1 amide bonds. The topological polar surface area (TPSA) is 38.3 Å². The van der Waals surface area contributed by atoms with Gasteiger partial charge in [-0.25, -0.2) is 0 Å². The average Bonchev–Trinajstić information content (AvgIpc) is 2.52. The van der Waals surface area contributed by atoms with Gasteiger partial charge in [-0.1, -0.05) is 29.8 Å². The van der Waals surface area contributed by atoms with Gasteiger partial charge in [0, 0.05) is 17.1 Å². The van der Waals surface area contributed by atoms with Gasteiger partial charge >= 0.3 is 0 Å². The molecule has 22 heavy (non-hydrogen) atoms. The Hall–Kier alpha value is -1.52. The Morgan fingerprint density at radius 3 is 2.68 bits per heavy atom. The molecule has 0 saturated heterocycles. The lowest BCUT2D eigenvalue weighted by atomic mass is 10.2. The van der Waals surface area contributed by atoms with Gasteiger partial charge in [-0.3, -0.25) is 4.79 Å². The molecule has 0 bridgehead atoms. The van der Waals surface area contributed by atoms with E-state index < -0.39 is 0 Å². The van der Waals surface area contributed by atoms with E-state index in [1.165, 1.54) is 0 Å². The van der Waals surface area contributed by atoms with Crippen LogP contribution in [0.2, 0.25) is 5.02 Å². The Bertz CT molecular complexity index is 647. The summed E-state index contributed by atoms with van der Waals surface area (Å²) >= 11 is 9.49. The number of halogens is 2. The first-order chi connectivity index (χ1) is 10.6. The Balaban J connectivity index is 1.75. The van der Waals surface area contributed by atoms with Gasteiger partial charge in [0.2, 0.25) is 5.91 Å². The molecule has 0 saturated carbocycles. The minimum atomic E-state index is -0.0128. The SMILES string of the molecule is Cc1c(Cl)ccc(OCCCC(=O)Nc2ccccc2)c1Br. The van der Waals surface area contributed by atoms with Gasteiger partial charge in [0.1, 0.15) is 5.75 Å². The number of ether oxygens (including phenoxy) is 1. The van der Waals surface area contributed by atoms with Crippen molar-refractivity contribution in [2.75, 3.05) is 11.9 Å². The van der Waals surface area contributed by atoms with Crippen LogP contribution in [-0.2, 0) is 4.79 Å². The van der Waals surface area contributed by atoms with E-state index in [4.69, 9.17) is 16.3 Å². The summed E-state index contributed by atoms with van der Waals surface area (Å²) in [6.07, 6.45) is 1.06. The molecule has 2 rings (SSSR count). The minimum absolute atomic E-state index is 0.0128. The van der Waals surface area contributed by atoms with Crippen molar-refractivity contribution in [3.05, 3.63) is 57.5 Å². The number of amides is 1. The van der Waals surface area contributed by atoms with E-state index in [1.54, 1.807) is 6.07 Å². The second-order valence-corrected chi connectivity index (χ2v) is 6.05. The molecule has 0 fully saturated rings. The van der Waals surface area contributed by atoms with Gasteiger partial charge in [-0.05, 0) is 59.1 Å². The molecule has 0 unspecified atom stereocenters. The van der Waals surface area contributed by atoms with E-state index in [9.17, 15) is 4.79 Å². The molecule has 0 aromatic heterocycles. The van der Waals surface area contributed by atoms with Crippen LogP contribution < -0.4 is 10.1 Å². The Labute approximate surface area is 143 Å². The molecule has 0 atom stereocenters. The molecule has 0 heterocycles. The molecule has 5 heteroatoms. The van der Waals surface area contributed by atoms with Crippen molar-refractivity contribution >= 4 is 39.1 Å². The van der Waals surface area contributed by atoms with Crippen LogP contribution in [0.4, 0.5) is 5.69 Å². The van der Waals surface area contributed by atoms with Gasteiger partial charge < -0.3 is 10.1 Å². The minimum Gasteiger partial charge on any atom is -0.492 e. The predicted octanol–water partition coefficient (Wildman–Crippen LogP) is 5.21.